The minimum Gasteiger partial charge on any atom is -0.461 e. The summed E-state index contributed by atoms with van der Waals surface area (Å²) in [5.74, 6) is -0.595. The van der Waals surface area contributed by atoms with Crippen molar-refractivity contribution in [2.24, 2.45) is 0 Å². The van der Waals surface area contributed by atoms with Gasteiger partial charge in [0.25, 0.3) is 0 Å². The van der Waals surface area contributed by atoms with Gasteiger partial charge in [0.05, 0.1) is 18.9 Å². The number of esters is 1. The quantitative estimate of drug-likeness (QED) is 0.710. The van der Waals surface area contributed by atoms with E-state index in [4.69, 9.17) is 9.47 Å². The van der Waals surface area contributed by atoms with Crippen molar-refractivity contribution in [1.29, 1.82) is 0 Å². The van der Waals surface area contributed by atoms with Crippen molar-refractivity contribution in [3.05, 3.63) is 53.3 Å². The molecule has 0 radical (unpaired) electrons. The number of ether oxygens (including phenoxy) is 2. The summed E-state index contributed by atoms with van der Waals surface area (Å²) in [6.07, 6.45) is 0.722. The Hall–Kier alpha value is -2.80. The van der Waals surface area contributed by atoms with Crippen LogP contribution in [0.1, 0.15) is 28.5 Å². The zero-order valence-electron chi connectivity index (χ0n) is 12.7. The number of aromatic nitrogens is 1. The topological polar surface area (TPSA) is 101 Å². The van der Waals surface area contributed by atoms with Gasteiger partial charge in [-0.05, 0) is 12.5 Å². The van der Waals surface area contributed by atoms with Gasteiger partial charge in [-0.15, -0.1) is 0 Å². The lowest BCUT2D eigenvalue weighted by Gasteiger charge is -2.08. The number of carbonyl (C=O) groups excluding carboxylic acids is 2. The standard InChI is InChI=1S/C16H18N2O5/c1-2-22-15(20)14-12(9-19)13(8-17-14)18-16(21)23-10-11-6-4-3-5-7-11/h3-8,17,19H,2,9-10H2,1H3,(H,18,21). The molecule has 23 heavy (non-hydrogen) atoms. The Labute approximate surface area is 133 Å². The highest BCUT2D eigenvalue weighted by Crippen LogP contribution is 2.21. The van der Waals surface area contributed by atoms with E-state index in [-0.39, 0.29) is 30.2 Å². The molecule has 7 heteroatoms. The van der Waals surface area contributed by atoms with E-state index in [1.54, 1.807) is 6.92 Å². The number of hydrogen-bond donors (Lipinski definition) is 3. The molecular formula is C16H18N2O5. The summed E-state index contributed by atoms with van der Waals surface area (Å²) < 4.78 is 9.96. The SMILES string of the molecule is CCOC(=O)c1[nH]cc(NC(=O)OCc2ccccc2)c1CO. The van der Waals surface area contributed by atoms with E-state index in [0.717, 1.165) is 5.56 Å². The molecule has 0 saturated carbocycles. The van der Waals surface area contributed by atoms with E-state index in [0.29, 0.717) is 0 Å². The molecule has 2 rings (SSSR count). The summed E-state index contributed by atoms with van der Waals surface area (Å²) in [6, 6.07) is 9.23. The highest BCUT2D eigenvalue weighted by atomic mass is 16.5. The van der Waals surface area contributed by atoms with E-state index in [1.807, 2.05) is 30.3 Å². The number of aliphatic hydroxyl groups excluding tert-OH is 1. The Kier molecular flexibility index (Phi) is 5.76. The second-order valence-electron chi connectivity index (χ2n) is 4.62. The average molecular weight is 318 g/mol. The molecule has 1 amide bonds. The molecule has 0 aliphatic heterocycles. The first-order valence-corrected chi connectivity index (χ1v) is 7.11. The maximum absolute atomic E-state index is 11.8. The van der Waals surface area contributed by atoms with E-state index < -0.39 is 18.7 Å². The zero-order valence-corrected chi connectivity index (χ0v) is 12.7. The van der Waals surface area contributed by atoms with Crippen LogP contribution in [0.3, 0.4) is 0 Å². The molecule has 0 aliphatic carbocycles. The molecule has 0 aliphatic rings. The Morgan fingerprint density at radius 3 is 2.61 bits per heavy atom. The lowest BCUT2D eigenvalue weighted by atomic mass is 10.2. The Morgan fingerprint density at radius 1 is 1.22 bits per heavy atom. The molecule has 1 aromatic heterocycles. The van der Waals surface area contributed by atoms with Crippen molar-refractivity contribution >= 4 is 17.7 Å². The van der Waals surface area contributed by atoms with Gasteiger partial charge in [-0.25, -0.2) is 9.59 Å². The Morgan fingerprint density at radius 2 is 1.96 bits per heavy atom. The summed E-state index contributed by atoms with van der Waals surface area (Å²) in [4.78, 5) is 26.2. The lowest BCUT2D eigenvalue weighted by Crippen LogP contribution is -2.15. The van der Waals surface area contributed by atoms with Crippen LogP contribution in [-0.2, 0) is 22.7 Å². The van der Waals surface area contributed by atoms with Crippen molar-refractivity contribution in [2.45, 2.75) is 20.1 Å². The predicted octanol–water partition coefficient (Wildman–Crippen LogP) is 2.43. The highest BCUT2D eigenvalue weighted by Gasteiger charge is 2.19. The first-order chi connectivity index (χ1) is 11.2. The van der Waals surface area contributed by atoms with Gasteiger partial charge in [-0.1, -0.05) is 30.3 Å². The number of hydrogen-bond acceptors (Lipinski definition) is 5. The highest BCUT2D eigenvalue weighted by molar-refractivity contribution is 5.94. The van der Waals surface area contributed by atoms with Gasteiger partial charge in [0.15, 0.2) is 0 Å². The molecule has 122 valence electrons. The van der Waals surface area contributed by atoms with Crippen LogP contribution in [0.2, 0.25) is 0 Å². The maximum Gasteiger partial charge on any atom is 0.412 e. The van der Waals surface area contributed by atoms with E-state index in [9.17, 15) is 14.7 Å². The van der Waals surface area contributed by atoms with Crippen molar-refractivity contribution in [2.75, 3.05) is 11.9 Å². The van der Waals surface area contributed by atoms with Gasteiger partial charge in [0.2, 0.25) is 0 Å². The maximum atomic E-state index is 11.8. The summed E-state index contributed by atoms with van der Waals surface area (Å²) in [5, 5.41) is 11.9. The molecule has 0 atom stereocenters. The number of benzene rings is 1. The molecule has 1 aromatic carbocycles. The van der Waals surface area contributed by atoms with Gasteiger partial charge in [0, 0.05) is 11.8 Å². The van der Waals surface area contributed by atoms with Crippen LogP contribution >= 0.6 is 0 Å². The van der Waals surface area contributed by atoms with Crippen LogP contribution in [0.15, 0.2) is 36.5 Å². The van der Waals surface area contributed by atoms with E-state index in [2.05, 4.69) is 10.3 Å². The molecule has 0 unspecified atom stereocenters. The number of aliphatic hydroxyl groups is 1. The minimum absolute atomic E-state index is 0.104. The fraction of sp³-hybridized carbons (Fsp3) is 0.250. The second kappa shape index (κ2) is 8.00. The number of anilines is 1. The molecule has 2 aromatic rings. The molecule has 0 bridgehead atoms. The van der Waals surface area contributed by atoms with Crippen molar-refractivity contribution in [3.8, 4) is 0 Å². The monoisotopic (exact) mass is 318 g/mol. The molecular weight excluding hydrogens is 300 g/mol. The summed E-state index contributed by atoms with van der Waals surface area (Å²) in [5.41, 5.74) is 1.48. The van der Waals surface area contributed by atoms with Gasteiger partial charge in [0.1, 0.15) is 12.3 Å². The zero-order chi connectivity index (χ0) is 16.7. The van der Waals surface area contributed by atoms with Crippen molar-refractivity contribution in [1.82, 2.24) is 4.98 Å². The van der Waals surface area contributed by atoms with Crippen LogP contribution in [0.4, 0.5) is 10.5 Å². The largest absolute Gasteiger partial charge is 0.461 e. The van der Waals surface area contributed by atoms with Crippen LogP contribution in [0.25, 0.3) is 0 Å². The smallest absolute Gasteiger partial charge is 0.412 e. The molecule has 1 heterocycles. The molecule has 0 saturated heterocycles. The van der Waals surface area contributed by atoms with E-state index >= 15 is 0 Å². The summed E-state index contributed by atoms with van der Waals surface area (Å²) in [6.45, 7) is 1.59. The first kappa shape index (κ1) is 16.6. The number of rotatable bonds is 6. The minimum atomic E-state index is -0.682. The Bertz CT molecular complexity index is 666. The van der Waals surface area contributed by atoms with Crippen molar-refractivity contribution < 1.29 is 24.2 Å². The van der Waals surface area contributed by atoms with Gasteiger partial charge in [-0.3, -0.25) is 5.32 Å². The third-order valence-electron chi connectivity index (χ3n) is 3.07. The fourth-order valence-corrected chi connectivity index (χ4v) is 1.98. The predicted molar refractivity (Wildman–Crippen MR) is 82.9 cm³/mol. The number of H-pyrrole nitrogens is 1. The van der Waals surface area contributed by atoms with E-state index in [1.165, 1.54) is 6.20 Å². The lowest BCUT2D eigenvalue weighted by molar-refractivity contribution is 0.0516. The van der Waals surface area contributed by atoms with Crippen molar-refractivity contribution in [3.63, 3.8) is 0 Å². The summed E-state index contributed by atoms with van der Waals surface area (Å²) in [7, 11) is 0. The number of carbonyl (C=O) groups is 2. The number of nitrogens with one attached hydrogen (secondary N) is 2. The van der Waals surface area contributed by atoms with Gasteiger partial charge >= 0.3 is 12.1 Å². The molecule has 0 fully saturated rings. The molecule has 0 spiro atoms. The molecule has 7 nitrogen and oxygen atoms in total. The van der Waals surface area contributed by atoms with Gasteiger partial charge < -0.3 is 19.6 Å². The second-order valence-corrected chi connectivity index (χ2v) is 4.62. The van der Waals surface area contributed by atoms with Crippen LogP contribution < -0.4 is 5.32 Å². The van der Waals surface area contributed by atoms with Crippen LogP contribution in [0, 0.1) is 0 Å². The number of aromatic amines is 1. The third-order valence-corrected chi connectivity index (χ3v) is 3.07. The van der Waals surface area contributed by atoms with Crippen LogP contribution in [0.5, 0.6) is 0 Å². The van der Waals surface area contributed by atoms with Crippen LogP contribution in [-0.4, -0.2) is 28.8 Å². The number of amides is 1. The Balaban J connectivity index is 1.99. The first-order valence-electron chi connectivity index (χ1n) is 7.11. The molecule has 3 N–H and O–H groups in total. The third kappa shape index (κ3) is 4.33. The van der Waals surface area contributed by atoms with Gasteiger partial charge in [-0.2, -0.15) is 0 Å². The fourth-order valence-electron chi connectivity index (χ4n) is 1.98. The average Bonchev–Trinajstić information content (AvgIpc) is 2.97. The summed E-state index contributed by atoms with van der Waals surface area (Å²) >= 11 is 0. The normalized spacial score (nSPS) is 10.2.